The number of aromatic nitrogens is 1. The molecular formula is C18H17ClN2OS. The third-order valence-corrected chi connectivity index (χ3v) is 5.47. The van der Waals surface area contributed by atoms with Crippen molar-refractivity contribution in [2.45, 2.75) is 25.4 Å². The van der Waals surface area contributed by atoms with Crippen LogP contribution in [-0.4, -0.2) is 16.4 Å². The number of hydrogen-bond donors (Lipinski definition) is 0. The third kappa shape index (κ3) is 3.20. The lowest BCUT2D eigenvalue weighted by Gasteiger charge is -2.22. The maximum Gasteiger partial charge on any atom is 0.226 e. The van der Waals surface area contributed by atoms with Gasteiger partial charge in [-0.15, -0.1) is 11.3 Å². The Bertz CT molecular complexity index is 767. The van der Waals surface area contributed by atoms with Crippen LogP contribution in [0.2, 0.25) is 5.02 Å². The minimum atomic E-state index is 0.519. The number of nitrogens with zero attached hydrogens (tertiary/aromatic N) is 2. The number of oxazole rings is 1. The van der Waals surface area contributed by atoms with Crippen LogP contribution in [-0.2, 0) is 6.54 Å². The molecule has 3 nitrogen and oxygen atoms in total. The quantitative estimate of drug-likeness (QED) is 0.635. The van der Waals surface area contributed by atoms with Gasteiger partial charge in [0.25, 0.3) is 0 Å². The van der Waals surface area contributed by atoms with E-state index in [4.69, 9.17) is 16.0 Å². The number of rotatable bonds is 4. The van der Waals surface area contributed by atoms with Gasteiger partial charge in [0.1, 0.15) is 6.26 Å². The van der Waals surface area contributed by atoms with Gasteiger partial charge in [-0.2, -0.15) is 0 Å². The highest BCUT2D eigenvalue weighted by Gasteiger charge is 2.27. The Morgan fingerprint density at radius 3 is 2.91 bits per heavy atom. The first-order valence-electron chi connectivity index (χ1n) is 7.77. The average molecular weight is 345 g/mol. The van der Waals surface area contributed by atoms with Crippen LogP contribution in [0.3, 0.4) is 0 Å². The summed E-state index contributed by atoms with van der Waals surface area (Å²) in [5, 5.41) is 2.87. The van der Waals surface area contributed by atoms with E-state index in [9.17, 15) is 0 Å². The van der Waals surface area contributed by atoms with E-state index >= 15 is 0 Å². The molecule has 0 radical (unpaired) electrons. The Morgan fingerprint density at radius 2 is 2.13 bits per heavy atom. The fourth-order valence-corrected chi connectivity index (χ4v) is 4.15. The second-order valence-corrected chi connectivity index (χ2v) is 7.21. The van der Waals surface area contributed by atoms with Gasteiger partial charge in [0.15, 0.2) is 0 Å². The molecule has 1 atom stereocenters. The highest BCUT2D eigenvalue weighted by atomic mass is 35.5. The molecule has 0 unspecified atom stereocenters. The minimum Gasteiger partial charge on any atom is -0.444 e. The first-order chi connectivity index (χ1) is 11.3. The van der Waals surface area contributed by atoms with Gasteiger partial charge < -0.3 is 4.42 Å². The highest BCUT2D eigenvalue weighted by molar-refractivity contribution is 7.10. The molecule has 0 N–H and O–H groups in total. The topological polar surface area (TPSA) is 29.3 Å². The fraction of sp³-hybridized carbons (Fsp3) is 0.278. The van der Waals surface area contributed by atoms with Gasteiger partial charge in [-0.05, 0) is 55.1 Å². The maximum atomic E-state index is 5.93. The Morgan fingerprint density at radius 1 is 1.26 bits per heavy atom. The van der Waals surface area contributed by atoms with Gasteiger partial charge in [0.2, 0.25) is 5.89 Å². The van der Waals surface area contributed by atoms with Crippen molar-refractivity contribution < 1.29 is 4.42 Å². The summed E-state index contributed by atoms with van der Waals surface area (Å²) in [5.74, 6) is 0.656. The van der Waals surface area contributed by atoms with Crippen molar-refractivity contribution in [3.05, 3.63) is 63.6 Å². The van der Waals surface area contributed by atoms with E-state index < -0.39 is 0 Å². The SMILES string of the molecule is Clc1ccc(-c2nc(CN3CCC[C@@H]3c3cccs3)co2)cc1. The van der Waals surface area contributed by atoms with Crippen molar-refractivity contribution in [1.29, 1.82) is 0 Å². The van der Waals surface area contributed by atoms with Gasteiger partial charge in [0, 0.05) is 28.0 Å². The number of thiophene rings is 1. The molecule has 23 heavy (non-hydrogen) atoms. The summed E-state index contributed by atoms with van der Waals surface area (Å²) in [6.07, 6.45) is 4.24. The van der Waals surface area contributed by atoms with Gasteiger partial charge in [-0.3, -0.25) is 4.90 Å². The van der Waals surface area contributed by atoms with Crippen LogP contribution in [0.15, 0.2) is 52.5 Å². The highest BCUT2D eigenvalue weighted by Crippen LogP contribution is 2.35. The molecule has 3 aromatic rings. The largest absolute Gasteiger partial charge is 0.444 e. The second kappa shape index (κ2) is 6.48. The lowest BCUT2D eigenvalue weighted by atomic mass is 10.2. The molecule has 0 saturated carbocycles. The Hall–Kier alpha value is -1.62. The molecule has 0 amide bonds. The molecule has 1 saturated heterocycles. The van der Waals surface area contributed by atoms with E-state index in [1.807, 2.05) is 35.6 Å². The van der Waals surface area contributed by atoms with Crippen molar-refractivity contribution >= 4 is 22.9 Å². The first kappa shape index (κ1) is 14.9. The lowest BCUT2D eigenvalue weighted by molar-refractivity contribution is 0.248. The number of halogens is 1. The van der Waals surface area contributed by atoms with E-state index in [2.05, 4.69) is 27.4 Å². The summed E-state index contributed by atoms with van der Waals surface area (Å²) in [7, 11) is 0. The van der Waals surface area contributed by atoms with E-state index in [0.717, 1.165) is 29.4 Å². The van der Waals surface area contributed by atoms with E-state index in [1.165, 1.54) is 17.7 Å². The molecule has 1 aromatic carbocycles. The normalized spacial score (nSPS) is 18.6. The van der Waals surface area contributed by atoms with Gasteiger partial charge in [-0.1, -0.05) is 17.7 Å². The zero-order valence-corrected chi connectivity index (χ0v) is 14.2. The summed E-state index contributed by atoms with van der Waals surface area (Å²) in [6, 6.07) is 12.5. The number of hydrogen-bond acceptors (Lipinski definition) is 4. The molecular weight excluding hydrogens is 328 g/mol. The molecule has 118 valence electrons. The van der Waals surface area contributed by atoms with Crippen LogP contribution in [0, 0.1) is 0 Å². The molecule has 1 aliphatic heterocycles. The molecule has 3 heterocycles. The molecule has 1 fully saturated rings. The molecule has 5 heteroatoms. The van der Waals surface area contributed by atoms with E-state index in [0.29, 0.717) is 11.9 Å². The zero-order valence-electron chi connectivity index (χ0n) is 12.6. The summed E-state index contributed by atoms with van der Waals surface area (Å²) in [5.41, 5.74) is 1.94. The van der Waals surface area contributed by atoms with E-state index in [-0.39, 0.29) is 0 Å². The van der Waals surface area contributed by atoms with Crippen LogP contribution in [0.5, 0.6) is 0 Å². The third-order valence-electron chi connectivity index (χ3n) is 4.24. The summed E-state index contributed by atoms with van der Waals surface area (Å²) < 4.78 is 5.65. The molecule has 0 spiro atoms. The van der Waals surface area contributed by atoms with Crippen LogP contribution in [0.25, 0.3) is 11.5 Å². The van der Waals surface area contributed by atoms with Crippen molar-refractivity contribution in [1.82, 2.24) is 9.88 Å². The predicted octanol–water partition coefficient (Wildman–Crippen LogP) is 5.39. The Kier molecular flexibility index (Phi) is 4.21. The monoisotopic (exact) mass is 344 g/mol. The minimum absolute atomic E-state index is 0.519. The number of benzene rings is 1. The standard InChI is InChI=1S/C18H17ClN2OS/c19-14-7-5-13(6-8-14)18-20-15(12-22-18)11-21-9-1-3-16(21)17-4-2-10-23-17/h2,4-8,10,12,16H,1,3,9,11H2/t16-/m1/s1. The van der Waals surface area contributed by atoms with Crippen LogP contribution in [0.4, 0.5) is 0 Å². The average Bonchev–Trinajstić information content (AvgIpc) is 3.29. The summed E-state index contributed by atoms with van der Waals surface area (Å²) in [4.78, 5) is 8.58. The Labute approximate surface area is 144 Å². The molecule has 0 aliphatic carbocycles. The Balaban J connectivity index is 1.50. The summed E-state index contributed by atoms with van der Waals surface area (Å²) >= 11 is 7.77. The second-order valence-electron chi connectivity index (χ2n) is 5.79. The molecule has 0 bridgehead atoms. The van der Waals surface area contributed by atoms with Crippen molar-refractivity contribution in [2.24, 2.45) is 0 Å². The lowest BCUT2D eigenvalue weighted by Crippen LogP contribution is -2.22. The van der Waals surface area contributed by atoms with Crippen molar-refractivity contribution in [3.63, 3.8) is 0 Å². The molecule has 2 aromatic heterocycles. The fourth-order valence-electron chi connectivity index (χ4n) is 3.13. The predicted molar refractivity (Wildman–Crippen MR) is 93.7 cm³/mol. The number of likely N-dealkylation sites (tertiary alicyclic amines) is 1. The van der Waals surface area contributed by atoms with Gasteiger partial charge >= 0.3 is 0 Å². The summed E-state index contributed by atoms with van der Waals surface area (Å²) in [6.45, 7) is 1.95. The van der Waals surface area contributed by atoms with Gasteiger partial charge in [0.05, 0.1) is 5.69 Å². The van der Waals surface area contributed by atoms with E-state index in [1.54, 1.807) is 6.26 Å². The molecule has 1 aliphatic rings. The maximum absolute atomic E-state index is 5.93. The first-order valence-corrected chi connectivity index (χ1v) is 9.03. The molecule has 4 rings (SSSR count). The van der Waals surface area contributed by atoms with Crippen LogP contribution >= 0.6 is 22.9 Å². The zero-order chi connectivity index (χ0) is 15.6. The van der Waals surface area contributed by atoms with Crippen molar-refractivity contribution in [2.75, 3.05) is 6.54 Å². The van der Waals surface area contributed by atoms with Crippen LogP contribution < -0.4 is 0 Å². The smallest absolute Gasteiger partial charge is 0.226 e. The van der Waals surface area contributed by atoms with Gasteiger partial charge in [-0.25, -0.2) is 4.98 Å². The van der Waals surface area contributed by atoms with Crippen molar-refractivity contribution in [3.8, 4) is 11.5 Å². The van der Waals surface area contributed by atoms with Crippen LogP contribution in [0.1, 0.15) is 29.5 Å².